The van der Waals surface area contributed by atoms with E-state index in [-0.39, 0.29) is 5.28 Å². The molecule has 0 N–H and O–H groups in total. The van der Waals surface area contributed by atoms with E-state index in [2.05, 4.69) is 15.1 Å². The molecule has 2 heterocycles. The van der Waals surface area contributed by atoms with Crippen LogP contribution in [-0.4, -0.2) is 19.7 Å². The first kappa shape index (κ1) is 9.43. The molecule has 0 amide bonds. The molecule has 4 nitrogen and oxygen atoms in total. The number of rotatable bonds is 2. The van der Waals surface area contributed by atoms with Gasteiger partial charge in [-0.1, -0.05) is 11.6 Å². The zero-order chi connectivity index (χ0) is 9.97. The third-order valence-corrected chi connectivity index (χ3v) is 2.18. The van der Waals surface area contributed by atoms with Crippen molar-refractivity contribution in [1.82, 2.24) is 19.7 Å². The van der Waals surface area contributed by atoms with Crippen molar-refractivity contribution in [2.45, 2.75) is 6.54 Å². The Bertz CT molecular complexity index is 427. The van der Waals surface area contributed by atoms with Crippen LogP contribution in [0.25, 0.3) is 0 Å². The zero-order valence-corrected chi connectivity index (χ0v) is 8.57. The van der Waals surface area contributed by atoms with Crippen molar-refractivity contribution in [1.29, 1.82) is 0 Å². The normalized spacial score (nSPS) is 10.4. The smallest absolute Gasteiger partial charge is 0.223 e. The van der Waals surface area contributed by atoms with Crippen molar-refractivity contribution in [3.8, 4) is 0 Å². The van der Waals surface area contributed by atoms with Gasteiger partial charge < -0.3 is 0 Å². The van der Waals surface area contributed by atoms with Crippen LogP contribution in [0, 0.1) is 0 Å². The Balaban J connectivity index is 2.25. The summed E-state index contributed by atoms with van der Waals surface area (Å²) in [5.41, 5.74) is 0.791. The van der Waals surface area contributed by atoms with Gasteiger partial charge in [-0.25, -0.2) is 9.97 Å². The Morgan fingerprint density at radius 1 is 1.36 bits per heavy atom. The Hall–Kier alpha value is -1.13. The number of nitrogens with zero attached hydrogens (tertiary/aromatic N) is 4. The highest BCUT2D eigenvalue weighted by Crippen LogP contribution is 2.14. The van der Waals surface area contributed by atoms with Crippen LogP contribution in [0.3, 0.4) is 0 Å². The summed E-state index contributed by atoms with van der Waals surface area (Å²) in [5.74, 6) is 0. The van der Waals surface area contributed by atoms with E-state index < -0.39 is 0 Å². The summed E-state index contributed by atoms with van der Waals surface area (Å²) in [6.45, 7) is 0.545. The molecular weight excluding hydrogens is 223 g/mol. The third-order valence-electron chi connectivity index (χ3n) is 1.67. The second-order valence-corrected chi connectivity index (χ2v) is 3.35. The molecule has 0 fully saturated rings. The number of halogens is 2. The van der Waals surface area contributed by atoms with Gasteiger partial charge in [0.2, 0.25) is 5.28 Å². The second-order valence-electron chi connectivity index (χ2n) is 2.66. The van der Waals surface area contributed by atoms with Crippen molar-refractivity contribution in [2.75, 3.05) is 0 Å². The molecule has 0 saturated heterocycles. The molecule has 14 heavy (non-hydrogen) atoms. The maximum atomic E-state index is 5.87. The van der Waals surface area contributed by atoms with E-state index in [9.17, 15) is 0 Å². The minimum absolute atomic E-state index is 0.152. The van der Waals surface area contributed by atoms with E-state index in [1.54, 1.807) is 17.1 Å². The molecule has 0 saturated carbocycles. The van der Waals surface area contributed by atoms with Crippen molar-refractivity contribution < 1.29 is 0 Å². The van der Waals surface area contributed by atoms with Gasteiger partial charge in [0.25, 0.3) is 0 Å². The summed E-state index contributed by atoms with van der Waals surface area (Å²) in [6.07, 6.45) is 5.13. The highest BCUT2D eigenvalue weighted by molar-refractivity contribution is 6.32. The van der Waals surface area contributed by atoms with Crippen molar-refractivity contribution >= 4 is 23.2 Å². The molecule has 6 heteroatoms. The van der Waals surface area contributed by atoms with Gasteiger partial charge in [-0.3, -0.25) is 4.68 Å². The molecule has 0 aliphatic heterocycles. The molecule has 2 rings (SSSR count). The summed E-state index contributed by atoms with van der Waals surface area (Å²) in [5, 5.41) is 4.56. The van der Waals surface area contributed by atoms with Gasteiger partial charge in [0.1, 0.15) is 5.15 Å². The van der Waals surface area contributed by atoms with Crippen LogP contribution in [0.2, 0.25) is 10.4 Å². The first-order valence-corrected chi connectivity index (χ1v) is 4.65. The van der Waals surface area contributed by atoms with E-state index in [0.29, 0.717) is 11.7 Å². The van der Waals surface area contributed by atoms with Crippen molar-refractivity contribution in [3.63, 3.8) is 0 Å². The van der Waals surface area contributed by atoms with Gasteiger partial charge >= 0.3 is 0 Å². The quantitative estimate of drug-likeness (QED) is 0.584. The summed E-state index contributed by atoms with van der Waals surface area (Å²) in [4.78, 5) is 7.68. The predicted molar refractivity (Wildman–Crippen MR) is 53.4 cm³/mol. The third kappa shape index (κ3) is 2.02. The van der Waals surface area contributed by atoms with Crippen LogP contribution in [0.4, 0.5) is 0 Å². The molecule has 0 radical (unpaired) electrons. The maximum absolute atomic E-state index is 5.87. The fourth-order valence-electron chi connectivity index (χ4n) is 1.04. The fourth-order valence-corrected chi connectivity index (χ4v) is 1.41. The molecule has 0 aromatic carbocycles. The van der Waals surface area contributed by atoms with E-state index in [1.165, 1.54) is 0 Å². The largest absolute Gasteiger partial charge is 0.268 e. The fraction of sp³-hybridized carbons (Fsp3) is 0.125. The Kier molecular flexibility index (Phi) is 2.65. The minimum Gasteiger partial charge on any atom is -0.268 e. The molecule has 0 aliphatic carbocycles. The van der Waals surface area contributed by atoms with Crippen LogP contribution in [0.15, 0.2) is 24.7 Å². The highest BCUT2D eigenvalue weighted by atomic mass is 35.5. The minimum atomic E-state index is 0.152. The standard InChI is InChI=1S/C8H6Cl2N4/c9-7-6(4-11-8(10)13-7)5-14-3-1-2-12-14/h1-4H,5H2. The molecule has 0 unspecified atom stereocenters. The summed E-state index contributed by atoms with van der Waals surface area (Å²) < 4.78 is 1.73. The zero-order valence-electron chi connectivity index (χ0n) is 7.06. The Morgan fingerprint density at radius 3 is 2.86 bits per heavy atom. The van der Waals surface area contributed by atoms with Crippen LogP contribution >= 0.6 is 23.2 Å². The van der Waals surface area contributed by atoms with Gasteiger partial charge in [0.15, 0.2) is 0 Å². The van der Waals surface area contributed by atoms with Gasteiger partial charge in [-0.2, -0.15) is 5.10 Å². The first-order valence-electron chi connectivity index (χ1n) is 3.90. The highest BCUT2D eigenvalue weighted by Gasteiger charge is 2.04. The lowest BCUT2D eigenvalue weighted by molar-refractivity contribution is 0.682. The predicted octanol–water partition coefficient (Wildman–Crippen LogP) is 2.03. The number of aromatic nitrogens is 4. The monoisotopic (exact) mass is 228 g/mol. The molecular formula is C8H6Cl2N4. The molecule has 0 aliphatic rings. The molecule has 0 bridgehead atoms. The van der Waals surface area contributed by atoms with Crippen molar-refractivity contribution in [2.24, 2.45) is 0 Å². The van der Waals surface area contributed by atoms with E-state index in [0.717, 1.165) is 5.56 Å². The SMILES string of the molecule is Clc1ncc(Cn2cccn2)c(Cl)n1. The van der Waals surface area contributed by atoms with Gasteiger partial charge in [-0.05, 0) is 17.7 Å². The summed E-state index contributed by atoms with van der Waals surface area (Å²) in [7, 11) is 0. The average molecular weight is 229 g/mol. The van der Waals surface area contributed by atoms with Gasteiger partial charge in [0, 0.05) is 24.2 Å². The van der Waals surface area contributed by atoms with E-state index >= 15 is 0 Å². The molecule has 2 aromatic heterocycles. The van der Waals surface area contributed by atoms with Crippen LogP contribution in [-0.2, 0) is 6.54 Å². The van der Waals surface area contributed by atoms with Crippen molar-refractivity contribution in [3.05, 3.63) is 40.7 Å². The van der Waals surface area contributed by atoms with Gasteiger partial charge in [-0.15, -0.1) is 0 Å². The molecule has 0 spiro atoms. The Morgan fingerprint density at radius 2 is 2.21 bits per heavy atom. The Labute approximate surface area is 90.5 Å². The van der Waals surface area contributed by atoms with E-state index in [4.69, 9.17) is 23.2 Å². The first-order chi connectivity index (χ1) is 6.75. The van der Waals surface area contributed by atoms with Crippen LogP contribution in [0.5, 0.6) is 0 Å². The lowest BCUT2D eigenvalue weighted by Gasteiger charge is -2.02. The average Bonchev–Trinajstić information content (AvgIpc) is 2.62. The van der Waals surface area contributed by atoms with Gasteiger partial charge in [0.05, 0.1) is 6.54 Å². The van der Waals surface area contributed by atoms with Crippen LogP contribution in [0.1, 0.15) is 5.56 Å². The summed E-state index contributed by atoms with van der Waals surface area (Å²) in [6, 6.07) is 1.84. The molecule has 0 atom stereocenters. The summed E-state index contributed by atoms with van der Waals surface area (Å²) >= 11 is 11.4. The number of hydrogen-bond donors (Lipinski definition) is 0. The van der Waals surface area contributed by atoms with Crippen LogP contribution < -0.4 is 0 Å². The topological polar surface area (TPSA) is 43.6 Å². The second kappa shape index (κ2) is 3.94. The lowest BCUT2D eigenvalue weighted by atomic mass is 10.3. The van der Waals surface area contributed by atoms with E-state index in [1.807, 2.05) is 12.3 Å². The number of hydrogen-bond acceptors (Lipinski definition) is 3. The maximum Gasteiger partial charge on any atom is 0.223 e. The molecule has 2 aromatic rings. The molecule has 72 valence electrons. The lowest BCUT2D eigenvalue weighted by Crippen LogP contribution is -2.02.